The van der Waals surface area contributed by atoms with Crippen LogP contribution in [0.3, 0.4) is 0 Å². The van der Waals surface area contributed by atoms with Crippen LogP contribution < -0.4 is 5.46 Å². The molecule has 24 heavy (non-hydrogen) atoms. The summed E-state index contributed by atoms with van der Waals surface area (Å²) in [7, 11) is -0.270. The lowest BCUT2D eigenvalue weighted by Crippen LogP contribution is -2.41. The monoisotopic (exact) mass is 324 g/mol. The fourth-order valence-electron chi connectivity index (χ4n) is 4.53. The van der Waals surface area contributed by atoms with Crippen molar-refractivity contribution in [2.45, 2.75) is 77.4 Å². The molecule has 2 atom stereocenters. The van der Waals surface area contributed by atoms with Gasteiger partial charge in [0.25, 0.3) is 0 Å². The van der Waals surface area contributed by atoms with E-state index in [0.29, 0.717) is 11.3 Å². The number of rotatable bonds is 1. The van der Waals surface area contributed by atoms with Gasteiger partial charge in [0.2, 0.25) is 0 Å². The maximum absolute atomic E-state index is 6.22. The van der Waals surface area contributed by atoms with Crippen LogP contribution in [0.1, 0.15) is 77.3 Å². The molecule has 0 N–H and O–H groups in total. The van der Waals surface area contributed by atoms with E-state index in [1.165, 1.54) is 36.8 Å². The minimum absolute atomic E-state index is 0.270. The topological polar surface area (TPSA) is 18.5 Å². The molecule has 2 fully saturated rings. The Balaban J connectivity index is 1.67. The number of hydrogen-bond acceptors (Lipinski definition) is 2. The molecule has 0 spiro atoms. The minimum atomic E-state index is -0.286. The van der Waals surface area contributed by atoms with Crippen molar-refractivity contribution in [3.8, 4) is 0 Å². The third-order valence-electron chi connectivity index (χ3n) is 6.91. The zero-order valence-electron chi connectivity index (χ0n) is 15.7. The fraction of sp³-hybridized carbons (Fsp3) is 0.619. The maximum Gasteiger partial charge on any atom is 0.494 e. The van der Waals surface area contributed by atoms with Crippen molar-refractivity contribution >= 4 is 18.7 Å². The molecule has 0 bridgehead atoms. The predicted molar refractivity (Wildman–Crippen MR) is 101 cm³/mol. The van der Waals surface area contributed by atoms with E-state index in [1.807, 2.05) is 0 Å². The van der Waals surface area contributed by atoms with E-state index in [1.54, 1.807) is 0 Å². The molecule has 1 aliphatic heterocycles. The molecule has 3 heteroatoms. The Hall–Kier alpha value is -1.06. The van der Waals surface area contributed by atoms with Crippen molar-refractivity contribution in [3.05, 3.63) is 35.4 Å². The van der Waals surface area contributed by atoms with Gasteiger partial charge in [-0.25, -0.2) is 0 Å². The zero-order valence-corrected chi connectivity index (χ0v) is 15.7. The van der Waals surface area contributed by atoms with Crippen LogP contribution in [0.15, 0.2) is 24.3 Å². The molecule has 128 valence electrons. The van der Waals surface area contributed by atoms with Crippen LogP contribution in [0, 0.1) is 5.41 Å². The second-order valence-corrected chi connectivity index (χ2v) is 9.11. The number of fused-ring (bicyclic) bond motifs is 3. The first kappa shape index (κ1) is 16.4. The summed E-state index contributed by atoms with van der Waals surface area (Å²) >= 11 is 0. The molecule has 1 saturated heterocycles. The Kier molecular flexibility index (Phi) is 3.57. The largest absolute Gasteiger partial charge is 0.494 e. The summed E-state index contributed by atoms with van der Waals surface area (Å²) in [5.41, 5.74) is 3.77. The summed E-state index contributed by atoms with van der Waals surface area (Å²) in [6.07, 6.45) is 10.1. The molecular formula is C21H29BO2. The molecule has 0 amide bonds. The summed E-state index contributed by atoms with van der Waals surface area (Å²) < 4.78 is 12.4. The van der Waals surface area contributed by atoms with Crippen LogP contribution in [0.2, 0.25) is 0 Å². The molecule has 1 heterocycles. The maximum atomic E-state index is 6.22. The van der Waals surface area contributed by atoms with Gasteiger partial charge in [-0.15, -0.1) is 0 Å². The zero-order chi connectivity index (χ0) is 17.2. The van der Waals surface area contributed by atoms with E-state index in [0.717, 1.165) is 5.46 Å². The summed E-state index contributed by atoms with van der Waals surface area (Å²) in [5.74, 6) is 0.665. The Labute approximate surface area is 146 Å². The molecule has 1 saturated carbocycles. The SMILES string of the molecule is CC12C=Cc3cc(B4OC(C)(C)C(C)(C)O4)ccc3C1CCCC2. The van der Waals surface area contributed by atoms with Gasteiger partial charge in [0.05, 0.1) is 11.2 Å². The van der Waals surface area contributed by atoms with Crippen LogP contribution in [0.5, 0.6) is 0 Å². The van der Waals surface area contributed by atoms with E-state index < -0.39 is 0 Å². The minimum Gasteiger partial charge on any atom is -0.399 e. The molecule has 0 radical (unpaired) electrons. The van der Waals surface area contributed by atoms with Crippen LogP contribution in [0.4, 0.5) is 0 Å². The van der Waals surface area contributed by atoms with Gasteiger partial charge >= 0.3 is 7.12 Å². The van der Waals surface area contributed by atoms with Crippen LogP contribution in [-0.2, 0) is 9.31 Å². The molecule has 4 rings (SSSR count). The molecule has 2 nitrogen and oxygen atoms in total. The third kappa shape index (κ3) is 2.40. The van der Waals surface area contributed by atoms with Crippen LogP contribution in [-0.4, -0.2) is 18.3 Å². The standard InChI is InChI=1S/C21H29BO2/c1-19(2)20(3,4)24-22(23-19)16-9-10-17-15(14-16)11-13-21(5)12-7-6-8-18(17)21/h9-11,13-14,18H,6-8,12H2,1-5H3. The molecular weight excluding hydrogens is 295 g/mol. The van der Waals surface area contributed by atoms with E-state index in [2.05, 4.69) is 65.0 Å². The second kappa shape index (κ2) is 5.22. The Morgan fingerprint density at radius 1 is 1.00 bits per heavy atom. The Bertz CT molecular complexity index is 675. The van der Waals surface area contributed by atoms with Gasteiger partial charge in [-0.05, 0) is 68.5 Å². The molecule has 1 aromatic rings. The van der Waals surface area contributed by atoms with Crippen molar-refractivity contribution in [3.63, 3.8) is 0 Å². The first-order chi connectivity index (χ1) is 11.2. The second-order valence-electron chi connectivity index (χ2n) is 9.11. The average molecular weight is 324 g/mol. The van der Waals surface area contributed by atoms with Crippen molar-refractivity contribution in [2.24, 2.45) is 5.41 Å². The number of allylic oxidation sites excluding steroid dienone is 1. The lowest BCUT2D eigenvalue weighted by Gasteiger charge is -2.43. The molecule has 0 aromatic heterocycles. The number of benzene rings is 1. The van der Waals surface area contributed by atoms with Crippen molar-refractivity contribution in [1.82, 2.24) is 0 Å². The average Bonchev–Trinajstić information content (AvgIpc) is 2.74. The summed E-state index contributed by atoms with van der Waals surface area (Å²) in [6, 6.07) is 6.82. The van der Waals surface area contributed by atoms with Gasteiger partial charge in [-0.2, -0.15) is 0 Å². The Morgan fingerprint density at radius 2 is 1.71 bits per heavy atom. The highest BCUT2D eigenvalue weighted by Gasteiger charge is 2.52. The van der Waals surface area contributed by atoms with E-state index in [-0.39, 0.29) is 18.3 Å². The lowest BCUT2D eigenvalue weighted by molar-refractivity contribution is 0.00578. The fourth-order valence-corrected chi connectivity index (χ4v) is 4.53. The van der Waals surface area contributed by atoms with E-state index in [9.17, 15) is 0 Å². The summed E-state index contributed by atoms with van der Waals surface area (Å²) in [6.45, 7) is 10.9. The normalized spacial score (nSPS) is 33.2. The summed E-state index contributed by atoms with van der Waals surface area (Å²) in [4.78, 5) is 0. The molecule has 3 aliphatic rings. The lowest BCUT2D eigenvalue weighted by atomic mass is 9.61. The highest BCUT2D eigenvalue weighted by molar-refractivity contribution is 6.62. The van der Waals surface area contributed by atoms with Gasteiger partial charge in [0, 0.05) is 0 Å². The quantitative estimate of drug-likeness (QED) is 0.699. The first-order valence-electron chi connectivity index (χ1n) is 9.41. The van der Waals surface area contributed by atoms with Gasteiger partial charge in [-0.1, -0.05) is 50.1 Å². The molecule has 2 unspecified atom stereocenters. The highest BCUT2D eigenvalue weighted by Crippen LogP contribution is 2.51. The number of hydrogen-bond donors (Lipinski definition) is 0. The van der Waals surface area contributed by atoms with Crippen molar-refractivity contribution < 1.29 is 9.31 Å². The Morgan fingerprint density at radius 3 is 2.42 bits per heavy atom. The van der Waals surface area contributed by atoms with Gasteiger partial charge in [-0.3, -0.25) is 0 Å². The third-order valence-corrected chi connectivity index (χ3v) is 6.91. The van der Waals surface area contributed by atoms with Crippen molar-refractivity contribution in [2.75, 3.05) is 0 Å². The van der Waals surface area contributed by atoms with Crippen LogP contribution >= 0.6 is 0 Å². The highest BCUT2D eigenvalue weighted by atomic mass is 16.7. The molecule has 2 aliphatic carbocycles. The summed E-state index contributed by atoms with van der Waals surface area (Å²) in [5, 5.41) is 0. The van der Waals surface area contributed by atoms with Gasteiger partial charge in [0.1, 0.15) is 0 Å². The van der Waals surface area contributed by atoms with E-state index in [4.69, 9.17) is 9.31 Å². The van der Waals surface area contributed by atoms with Crippen LogP contribution in [0.25, 0.3) is 6.08 Å². The van der Waals surface area contributed by atoms with E-state index >= 15 is 0 Å². The van der Waals surface area contributed by atoms with Crippen molar-refractivity contribution in [1.29, 1.82) is 0 Å². The first-order valence-corrected chi connectivity index (χ1v) is 9.41. The molecule has 1 aromatic carbocycles. The smallest absolute Gasteiger partial charge is 0.399 e. The van der Waals surface area contributed by atoms with Gasteiger partial charge < -0.3 is 9.31 Å². The predicted octanol–water partition coefficient (Wildman–Crippen LogP) is 4.68. The van der Waals surface area contributed by atoms with Gasteiger partial charge in [0.15, 0.2) is 0 Å².